The predicted octanol–water partition coefficient (Wildman–Crippen LogP) is 2.94. The first kappa shape index (κ1) is 14.0. The van der Waals surface area contributed by atoms with Crippen molar-refractivity contribution in [2.75, 3.05) is 12.4 Å². The van der Waals surface area contributed by atoms with Crippen molar-refractivity contribution in [1.82, 2.24) is 5.32 Å². The van der Waals surface area contributed by atoms with Gasteiger partial charge in [-0.2, -0.15) is 0 Å². The van der Waals surface area contributed by atoms with E-state index in [1.54, 1.807) is 31.3 Å². The first-order valence-corrected chi connectivity index (χ1v) is 6.10. The van der Waals surface area contributed by atoms with E-state index in [9.17, 15) is 13.6 Å². The van der Waals surface area contributed by atoms with Gasteiger partial charge >= 0.3 is 0 Å². The highest BCUT2D eigenvalue weighted by atomic mass is 19.2. The van der Waals surface area contributed by atoms with Gasteiger partial charge in [0.15, 0.2) is 11.6 Å². The zero-order chi connectivity index (χ0) is 14.5. The second kappa shape index (κ2) is 6.14. The quantitative estimate of drug-likeness (QED) is 0.901. The SMILES string of the molecule is CNc1ccc(C(=O)NCc2ccc(F)c(F)c2)cc1. The molecule has 0 aromatic heterocycles. The number of anilines is 1. The minimum atomic E-state index is -0.921. The Bertz CT molecular complexity index is 612. The summed E-state index contributed by atoms with van der Waals surface area (Å²) in [5, 5.41) is 5.60. The van der Waals surface area contributed by atoms with E-state index < -0.39 is 11.6 Å². The fraction of sp³-hybridized carbons (Fsp3) is 0.133. The van der Waals surface area contributed by atoms with E-state index in [4.69, 9.17) is 0 Å². The third-order valence-electron chi connectivity index (χ3n) is 2.87. The maximum atomic E-state index is 13.0. The normalized spacial score (nSPS) is 10.2. The first-order chi connectivity index (χ1) is 9.60. The molecule has 2 N–H and O–H groups in total. The molecule has 5 heteroatoms. The van der Waals surface area contributed by atoms with Crippen LogP contribution in [-0.4, -0.2) is 13.0 Å². The molecule has 0 radical (unpaired) electrons. The Morgan fingerprint density at radius 1 is 1.05 bits per heavy atom. The van der Waals surface area contributed by atoms with Gasteiger partial charge in [0.25, 0.3) is 5.91 Å². The van der Waals surface area contributed by atoms with Crippen molar-refractivity contribution in [3.05, 3.63) is 65.2 Å². The molecule has 2 aromatic rings. The van der Waals surface area contributed by atoms with Crippen molar-refractivity contribution >= 4 is 11.6 Å². The lowest BCUT2D eigenvalue weighted by Gasteiger charge is -2.07. The van der Waals surface area contributed by atoms with Crippen LogP contribution in [-0.2, 0) is 6.54 Å². The fourth-order valence-electron chi connectivity index (χ4n) is 1.72. The monoisotopic (exact) mass is 276 g/mol. The van der Waals surface area contributed by atoms with Crippen molar-refractivity contribution in [1.29, 1.82) is 0 Å². The molecule has 0 saturated heterocycles. The summed E-state index contributed by atoms with van der Waals surface area (Å²) in [4.78, 5) is 11.9. The van der Waals surface area contributed by atoms with E-state index in [0.29, 0.717) is 11.1 Å². The van der Waals surface area contributed by atoms with Crippen molar-refractivity contribution in [3.63, 3.8) is 0 Å². The summed E-state index contributed by atoms with van der Waals surface area (Å²) in [6, 6.07) is 10.5. The van der Waals surface area contributed by atoms with Crippen LogP contribution in [0.1, 0.15) is 15.9 Å². The standard InChI is InChI=1S/C15H14F2N2O/c1-18-12-5-3-11(4-6-12)15(20)19-9-10-2-7-13(16)14(17)8-10/h2-8,18H,9H2,1H3,(H,19,20). The molecule has 0 aliphatic rings. The average molecular weight is 276 g/mol. The first-order valence-electron chi connectivity index (χ1n) is 6.10. The second-order valence-electron chi connectivity index (χ2n) is 4.26. The van der Waals surface area contributed by atoms with Crippen LogP contribution < -0.4 is 10.6 Å². The summed E-state index contributed by atoms with van der Waals surface area (Å²) in [5.41, 5.74) is 1.91. The van der Waals surface area contributed by atoms with Crippen LogP contribution in [0.15, 0.2) is 42.5 Å². The minimum Gasteiger partial charge on any atom is -0.388 e. The molecular weight excluding hydrogens is 262 g/mol. The Hall–Kier alpha value is -2.43. The number of nitrogens with one attached hydrogen (secondary N) is 2. The van der Waals surface area contributed by atoms with Gasteiger partial charge in [-0.1, -0.05) is 6.07 Å². The molecule has 0 heterocycles. The van der Waals surface area contributed by atoms with Crippen molar-refractivity contribution in [3.8, 4) is 0 Å². The van der Waals surface area contributed by atoms with Gasteiger partial charge in [-0.25, -0.2) is 8.78 Å². The van der Waals surface area contributed by atoms with E-state index >= 15 is 0 Å². The Kier molecular flexibility index (Phi) is 4.30. The molecule has 0 atom stereocenters. The molecule has 0 saturated carbocycles. The van der Waals surface area contributed by atoms with Crippen LogP contribution in [0.4, 0.5) is 14.5 Å². The van der Waals surface area contributed by atoms with Crippen LogP contribution in [0.5, 0.6) is 0 Å². The van der Waals surface area contributed by atoms with E-state index in [2.05, 4.69) is 10.6 Å². The van der Waals surface area contributed by atoms with Crippen molar-refractivity contribution in [2.24, 2.45) is 0 Å². The van der Waals surface area contributed by atoms with Gasteiger partial charge in [-0.3, -0.25) is 4.79 Å². The molecule has 2 rings (SSSR count). The second-order valence-corrected chi connectivity index (χ2v) is 4.26. The molecule has 20 heavy (non-hydrogen) atoms. The maximum absolute atomic E-state index is 13.0. The average Bonchev–Trinajstić information content (AvgIpc) is 2.48. The van der Waals surface area contributed by atoms with Gasteiger partial charge in [0.1, 0.15) is 0 Å². The summed E-state index contributed by atoms with van der Waals surface area (Å²) in [5.74, 6) is -2.09. The van der Waals surface area contributed by atoms with Crippen LogP contribution >= 0.6 is 0 Å². The van der Waals surface area contributed by atoms with Gasteiger partial charge in [-0.15, -0.1) is 0 Å². The van der Waals surface area contributed by atoms with E-state index in [1.807, 2.05) is 0 Å². The molecule has 1 amide bonds. The number of hydrogen-bond acceptors (Lipinski definition) is 2. The minimum absolute atomic E-state index is 0.143. The Morgan fingerprint density at radius 2 is 1.75 bits per heavy atom. The number of rotatable bonds is 4. The molecule has 3 nitrogen and oxygen atoms in total. The van der Waals surface area contributed by atoms with Gasteiger partial charge < -0.3 is 10.6 Å². The third-order valence-corrected chi connectivity index (χ3v) is 2.87. The van der Waals surface area contributed by atoms with Crippen LogP contribution in [0.2, 0.25) is 0 Å². The Morgan fingerprint density at radius 3 is 2.35 bits per heavy atom. The lowest BCUT2D eigenvalue weighted by atomic mass is 10.1. The Balaban J connectivity index is 1.98. The van der Waals surface area contributed by atoms with Gasteiger partial charge in [-0.05, 0) is 42.0 Å². The van der Waals surface area contributed by atoms with Gasteiger partial charge in [0.2, 0.25) is 0 Å². The van der Waals surface area contributed by atoms with E-state index in [-0.39, 0.29) is 12.5 Å². The summed E-state index contributed by atoms with van der Waals surface area (Å²) >= 11 is 0. The highest BCUT2D eigenvalue weighted by Crippen LogP contribution is 2.10. The largest absolute Gasteiger partial charge is 0.388 e. The predicted molar refractivity (Wildman–Crippen MR) is 73.5 cm³/mol. The lowest BCUT2D eigenvalue weighted by Crippen LogP contribution is -2.22. The number of hydrogen-bond donors (Lipinski definition) is 2. The third kappa shape index (κ3) is 3.32. The van der Waals surface area contributed by atoms with Crippen molar-refractivity contribution < 1.29 is 13.6 Å². The number of amides is 1. The molecule has 2 aromatic carbocycles. The Labute approximate surface area is 115 Å². The number of benzene rings is 2. The van der Waals surface area contributed by atoms with Crippen LogP contribution in [0.25, 0.3) is 0 Å². The highest BCUT2D eigenvalue weighted by Gasteiger charge is 2.06. The van der Waals surface area contributed by atoms with Crippen molar-refractivity contribution in [2.45, 2.75) is 6.54 Å². The number of halogens is 2. The molecular formula is C15H14F2N2O. The molecule has 0 fully saturated rings. The van der Waals surface area contributed by atoms with Crippen LogP contribution in [0, 0.1) is 11.6 Å². The maximum Gasteiger partial charge on any atom is 0.251 e. The number of carbonyl (C=O) groups is 1. The molecule has 104 valence electrons. The summed E-state index contributed by atoms with van der Waals surface area (Å²) < 4.78 is 25.8. The summed E-state index contributed by atoms with van der Waals surface area (Å²) in [6.07, 6.45) is 0. The fourth-order valence-corrected chi connectivity index (χ4v) is 1.72. The zero-order valence-corrected chi connectivity index (χ0v) is 10.9. The smallest absolute Gasteiger partial charge is 0.251 e. The zero-order valence-electron chi connectivity index (χ0n) is 10.9. The molecule has 0 aliphatic carbocycles. The lowest BCUT2D eigenvalue weighted by molar-refractivity contribution is 0.0951. The highest BCUT2D eigenvalue weighted by molar-refractivity contribution is 5.94. The van der Waals surface area contributed by atoms with Gasteiger partial charge in [0, 0.05) is 24.8 Å². The van der Waals surface area contributed by atoms with Gasteiger partial charge in [0.05, 0.1) is 0 Å². The molecule has 0 spiro atoms. The molecule has 0 aliphatic heterocycles. The van der Waals surface area contributed by atoms with Crippen LogP contribution in [0.3, 0.4) is 0 Å². The topological polar surface area (TPSA) is 41.1 Å². The summed E-state index contributed by atoms with van der Waals surface area (Å²) in [6.45, 7) is 0.143. The summed E-state index contributed by atoms with van der Waals surface area (Å²) in [7, 11) is 1.79. The molecule has 0 bridgehead atoms. The number of carbonyl (C=O) groups excluding carboxylic acids is 1. The molecule has 0 unspecified atom stereocenters. The van der Waals surface area contributed by atoms with E-state index in [0.717, 1.165) is 17.8 Å². The van der Waals surface area contributed by atoms with E-state index in [1.165, 1.54) is 6.07 Å².